The number of likely N-dealkylation sites (tertiary alicyclic amines) is 1. The molecule has 154 valence electrons. The van der Waals surface area contributed by atoms with Crippen LogP contribution < -0.4 is 10.6 Å². The summed E-state index contributed by atoms with van der Waals surface area (Å²) in [5.41, 5.74) is 2.32. The van der Waals surface area contributed by atoms with E-state index in [2.05, 4.69) is 25.6 Å². The summed E-state index contributed by atoms with van der Waals surface area (Å²) in [6.45, 7) is 4.78. The van der Waals surface area contributed by atoms with Gasteiger partial charge in [-0.3, -0.25) is 4.98 Å². The molecule has 0 spiro atoms. The molecule has 10 heteroatoms. The van der Waals surface area contributed by atoms with Crippen LogP contribution in [0.25, 0.3) is 0 Å². The molecule has 0 aromatic carbocycles. The van der Waals surface area contributed by atoms with Crippen LogP contribution in [0.5, 0.6) is 0 Å². The third-order valence-electron chi connectivity index (χ3n) is 5.21. The van der Waals surface area contributed by atoms with Gasteiger partial charge in [0, 0.05) is 55.7 Å². The zero-order chi connectivity index (χ0) is 20.6. The Labute approximate surface area is 169 Å². The number of carbonyl (C=O) groups excluding carboxylic acids is 1. The number of anilines is 1. The number of urea groups is 1. The van der Waals surface area contributed by atoms with Crippen LogP contribution in [0, 0.1) is 0 Å². The smallest absolute Gasteiger partial charge is 0.317 e. The van der Waals surface area contributed by atoms with Crippen LogP contribution >= 0.6 is 0 Å². The van der Waals surface area contributed by atoms with Crippen molar-refractivity contribution in [3.05, 3.63) is 47.5 Å². The lowest BCUT2D eigenvalue weighted by molar-refractivity contribution is 0.205. The van der Waals surface area contributed by atoms with E-state index in [4.69, 9.17) is 0 Å². The number of amides is 2. The summed E-state index contributed by atoms with van der Waals surface area (Å²) >= 11 is 0. The lowest BCUT2D eigenvalue weighted by Crippen LogP contribution is -2.42. The van der Waals surface area contributed by atoms with Crippen molar-refractivity contribution >= 4 is 21.8 Å². The summed E-state index contributed by atoms with van der Waals surface area (Å²) in [7, 11) is -3.37. The predicted molar refractivity (Wildman–Crippen MR) is 108 cm³/mol. The first-order chi connectivity index (χ1) is 13.8. The number of nitrogens with one attached hydrogen (secondary N) is 2. The van der Waals surface area contributed by atoms with Crippen molar-refractivity contribution in [3.63, 3.8) is 0 Å². The first kappa shape index (κ1) is 19.6. The van der Waals surface area contributed by atoms with Gasteiger partial charge in [0.1, 0.15) is 0 Å². The highest BCUT2D eigenvalue weighted by atomic mass is 32.2. The minimum absolute atomic E-state index is 0.0142. The lowest BCUT2D eigenvalue weighted by atomic mass is 10.00. The van der Waals surface area contributed by atoms with E-state index >= 15 is 0 Å². The standard InChI is InChI=1S/C19H24N6O3S/c1-12(2)23-19(26)25-9-15-16(10-25)29(27,28)11-14-8-22-18(24-17(14)15)21-7-13-4-3-5-20-6-13/h3-6,8,12,15-16H,7,9-11H2,1-2H3,(H,23,26)(H,21,22,24)/t15-,16+/m0/s1. The minimum Gasteiger partial charge on any atom is -0.350 e. The van der Waals surface area contributed by atoms with Gasteiger partial charge in [-0.05, 0) is 25.5 Å². The van der Waals surface area contributed by atoms with E-state index in [1.807, 2.05) is 26.0 Å². The van der Waals surface area contributed by atoms with E-state index in [-0.39, 0.29) is 30.3 Å². The molecule has 4 heterocycles. The maximum atomic E-state index is 12.8. The fourth-order valence-electron chi connectivity index (χ4n) is 3.85. The molecule has 9 nitrogen and oxygen atoms in total. The van der Waals surface area contributed by atoms with E-state index in [0.29, 0.717) is 30.3 Å². The van der Waals surface area contributed by atoms with Gasteiger partial charge in [-0.25, -0.2) is 23.2 Å². The number of rotatable bonds is 4. The SMILES string of the molecule is CC(C)NC(=O)N1C[C@@H]2c3nc(NCc4cccnc4)ncc3CS(=O)(=O)[C@@H]2C1. The summed E-state index contributed by atoms with van der Waals surface area (Å²) < 4.78 is 25.6. The van der Waals surface area contributed by atoms with Crippen molar-refractivity contribution in [1.82, 2.24) is 25.2 Å². The number of fused-ring (bicyclic) bond motifs is 3. The quantitative estimate of drug-likeness (QED) is 0.771. The Hall–Kier alpha value is -2.75. The van der Waals surface area contributed by atoms with Crippen LogP contribution in [0.3, 0.4) is 0 Å². The van der Waals surface area contributed by atoms with E-state index < -0.39 is 15.1 Å². The molecule has 0 saturated carbocycles. The van der Waals surface area contributed by atoms with Crippen LogP contribution in [0.4, 0.5) is 10.7 Å². The van der Waals surface area contributed by atoms with Crippen molar-refractivity contribution < 1.29 is 13.2 Å². The molecule has 0 bridgehead atoms. The molecular formula is C19H24N6O3S. The van der Waals surface area contributed by atoms with E-state index in [9.17, 15) is 13.2 Å². The molecule has 0 aliphatic carbocycles. The van der Waals surface area contributed by atoms with Crippen molar-refractivity contribution in [2.24, 2.45) is 0 Å². The zero-order valence-electron chi connectivity index (χ0n) is 16.4. The van der Waals surface area contributed by atoms with Gasteiger partial charge in [-0.15, -0.1) is 0 Å². The first-order valence-corrected chi connectivity index (χ1v) is 11.3. The second-order valence-electron chi connectivity index (χ2n) is 7.78. The van der Waals surface area contributed by atoms with E-state index in [0.717, 1.165) is 5.56 Å². The zero-order valence-corrected chi connectivity index (χ0v) is 17.2. The van der Waals surface area contributed by atoms with Crippen LogP contribution in [-0.2, 0) is 22.1 Å². The number of carbonyl (C=O) groups is 1. The van der Waals surface area contributed by atoms with Gasteiger partial charge in [0.2, 0.25) is 5.95 Å². The van der Waals surface area contributed by atoms with Gasteiger partial charge in [-0.2, -0.15) is 0 Å². The molecule has 2 N–H and O–H groups in total. The minimum atomic E-state index is -3.37. The molecule has 4 rings (SSSR count). The number of pyridine rings is 1. The normalized spacial score (nSPS) is 22.1. The highest BCUT2D eigenvalue weighted by molar-refractivity contribution is 7.91. The number of hydrogen-bond acceptors (Lipinski definition) is 7. The first-order valence-electron chi connectivity index (χ1n) is 9.59. The van der Waals surface area contributed by atoms with Crippen LogP contribution in [0.1, 0.15) is 36.6 Å². The molecule has 2 aromatic heterocycles. The molecule has 2 atom stereocenters. The van der Waals surface area contributed by atoms with Crippen molar-refractivity contribution in [1.29, 1.82) is 0 Å². The predicted octanol–water partition coefficient (Wildman–Crippen LogP) is 1.30. The Morgan fingerprint density at radius 3 is 2.86 bits per heavy atom. The summed E-state index contributed by atoms with van der Waals surface area (Å²) in [6.07, 6.45) is 5.05. The lowest BCUT2D eigenvalue weighted by Gasteiger charge is -2.26. The van der Waals surface area contributed by atoms with E-state index in [1.165, 1.54) is 0 Å². The highest BCUT2D eigenvalue weighted by Crippen LogP contribution is 2.39. The average Bonchev–Trinajstić information content (AvgIpc) is 3.14. The van der Waals surface area contributed by atoms with Crippen molar-refractivity contribution in [2.45, 2.75) is 43.4 Å². The Morgan fingerprint density at radius 2 is 2.14 bits per heavy atom. The molecule has 29 heavy (non-hydrogen) atoms. The largest absolute Gasteiger partial charge is 0.350 e. The van der Waals surface area contributed by atoms with Crippen LogP contribution in [0.2, 0.25) is 0 Å². The van der Waals surface area contributed by atoms with Crippen LogP contribution in [0.15, 0.2) is 30.7 Å². The number of hydrogen-bond donors (Lipinski definition) is 2. The van der Waals surface area contributed by atoms with Crippen molar-refractivity contribution in [2.75, 3.05) is 18.4 Å². The maximum Gasteiger partial charge on any atom is 0.317 e. The molecule has 0 radical (unpaired) electrons. The Balaban J connectivity index is 1.57. The highest BCUT2D eigenvalue weighted by Gasteiger charge is 2.48. The number of aromatic nitrogens is 3. The summed E-state index contributed by atoms with van der Waals surface area (Å²) in [5.74, 6) is 0.00536. The van der Waals surface area contributed by atoms with Gasteiger partial charge in [0.05, 0.1) is 16.7 Å². The fraction of sp³-hybridized carbons (Fsp3) is 0.474. The third-order valence-corrected chi connectivity index (χ3v) is 7.32. The fourth-order valence-corrected chi connectivity index (χ4v) is 5.84. The summed E-state index contributed by atoms with van der Waals surface area (Å²) in [4.78, 5) is 27.0. The number of nitrogens with zero attached hydrogens (tertiary/aromatic N) is 4. The maximum absolute atomic E-state index is 12.8. The molecule has 2 amide bonds. The average molecular weight is 417 g/mol. The van der Waals surface area contributed by atoms with Gasteiger partial charge in [0.15, 0.2) is 9.84 Å². The van der Waals surface area contributed by atoms with Gasteiger partial charge in [-0.1, -0.05) is 6.07 Å². The molecule has 2 aliphatic heterocycles. The second kappa shape index (κ2) is 7.58. The summed E-state index contributed by atoms with van der Waals surface area (Å²) in [6, 6.07) is 3.55. The Bertz CT molecular complexity index is 1010. The van der Waals surface area contributed by atoms with Gasteiger partial charge in [0.25, 0.3) is 0 Å². The Kier molecular flexibility index (Phi) is 5.12. The van der Waals surface area contributed by atoms with Crippen molar-refractivity contribution in [3.8, 4) is 0 Å². The molecular weight excluding hydrogens is 392 g/mol. The molecule has 1 fully saturated rings. The van der Waals surface area contributed by atoms with Crippen LogP contribution in [-0.4, -0.2) is 58.7 Å². The molecule has 0 unspecified atom stereocenters. The summed E-state index contributed by atoms with van der Waals surface area (Å²) in [5, 5.41) is 5.37. The molecule has 2 aromatic rings. The molecule has 1 saturated heterocycles. The second-order valence-corrected chi connectivity index (χ2v) is 10.0. The van der Waals surface area contributed by atoms with Gasteiger partial charge >= 0.3 is 6.03 Å². The monoisotopic (exact) mass is 416 g/mol. The topological polar surface area (TPSA) is 117 Å². The Morgan fingerprint density at radius 1 is 1.31 bits per heavy atom. The third kappa shape index (κ3) is 4.02. The van der Waals surface area contributed by atoms with E-state index in [1.54, 1.807) is 23.5 Å². The molecule has 2 aliphatic rings. The number of sulfone groups is 1. The van der Waals surface area contributed by atoms with Gasteiger partial charge < -0.3 is 15.5 Å².